The molecule has 0 atom stereocenters. The van der Waals surface area contributed by atoms with Crippen LogP contribution in [0.4, 0.5) is 5.69 Å². The summed E-state index contributed by atoms with van der Waals surface area (Å²) >= 11 is 0. The van der Waals surface area contributed by atoms with Crippen LogP contribution in [0.2, 0.25) is 0 Å². The number of aliphatic imine (C=N–C) groups is 1. The van der Waals surface area contributed by atoms with Gasteiger partial charge in [0.2, 0.25) is 0 Å². The molecule has 0 N–H and O–H groups in total. The first-order chi connectivity index (χ1) is 9.25. The van der Waals surface area contributed by atoms with Crippen molar-refractivity contribution in [3.63, 3.8) is 0 Å². The molecule has 0 bridgehead atoms. The molecule has 0 aliphatic heterocycles. The Hall–Kier alpha value is -2.49. The summed E-state index contributed by atoms with van der Waals surface area (Å²) in [6, 6.07) is 16.5. The second kappa shape index (κ2) is 6.44. The summed E-state index contributed by atoms with van der Waals surface area (Å²) in [5.74, 6) is 0. The molecule has 0 aromatic heterocycles. The van der Waals surface area contributed by atoms with E-state index in [1.54, 1.807) is 12.1 Å². The maximum absolute atomic E-state index is 10.5. The fraction of sp³-hybridized carbons (Fsp3) is 0.133. The van der Waals surface area contributed by atoms with Crippen LogP contribution in [0.5, 0.6) is 0 Å². The van der Waals surface area contributed by atoms with E-state index >= 15 is 0 Å². The van der Waals surface area contributed by atoms with Crippen LogP contribution in [0, 0.1) is 10.1 Å². The topological polar surface area (TPSA) is 55.5 Å². The van der Waals surface area contributed by atoms with Gasteiger partial charge in [-0.2, -0.15) is 0 Å². The summed E-state index contributed by atoms with van der Waals surface area (Å²) in [5, 5.41) is 10.5. The molecule has 0 aliphatic carbocycles. The third-order valence-corrected chi connectivity index (χ3v) is 2.72. The number of benzene rings is 2. The molecular formula is C15H14N2O2. The van der Waals surface area contributed by atoms with E-state index in [-0.39, 0.29) is 5.69 Å². The molecule has 0 radical (unpaired) electrons. The Labute approximate surface area is 111 Å². The molecule has 0 spiro atoms. The van der Waals surface area contributed by atoms with E-state index in [4.69, 9.17) is 0 Å². The molecule has 2 rings (SSSR count). The van der Waals surface area contributed by atoms with Gasteiger partial charge in [0.1, 0.15) is 0 Å². The van der Waals surface area contributed by atoms with Gasteiger partial charge in [0.05, 0.1) is 4.92 Å². The standard InChI is InChI=1S/C15H14N2O2/c18-17(19)15-8-6-13(7-9-15)10-11-16-12-14-4-2-1-3-5-14/h1-9,12H,10-11H2. The van der Waals surface area contributed by atoms with Crippen molar-refractivity contribution in [1.29, 1.82) is 0 Å². The number of rotatable bonds is 5. The van der Waals surface area contributed by atoms with Crippen molar-refractivity contribution in [1.82, 2.24) is 0 Å². The van der Waals surface area contributed by atoms with Gasteiger partial charge in [-0.05, 0) is 17.5 Å². The zero-order chi connectivity index (χ0) is 13.5. The first-order valence-corrected chi connectivity index (χ1v) is 6.04. The van der Waals surface area contributed by atoms with Gasteiger partial charge < -0.3 is 0 Å². The number of hydrogen-bond acceptors (Lipinski definition) is 3. The zero-order valence-corrected chi connectivity index (χ0v) is 10.4. The van der Waals surface area contributed by atoms with Gasteiger partial charge in [-0.15, -0.1) is 0 Å². The van der Waals surface area contributed by atoms with E-state index in [0.717, 1.165) is 17.5 Å². The summed E-state index contributed by atoms with van der Waals surface area (Å²) in [6.07, 6.45) is 2.62. The van der Waals surface area contributed by atoms with Crippen molar-refractivity contribution >= 4 is 11.9 Å². The highest BCUT2D eigenvalue weighted by molar-refractivity contribution is 5.79. The smallest absolute Gasteiger partial charge is 0.269 e. The Bertz CT molecular complexity index is 562. The molecule has 0 heterocycles. The second-order valence-electron chi connectivity index (χ2n) is 4.12. The molecule has 2 aromatic carbocycles. The summed E-state index contributed by atoms with van der Waals surface area (Å²) in [6.45, 7) is 0.673. The monoisotopic (exact) mass is 254 g/mol. The quantitative estimate of drug-likeness (QED) is 0.467. The summed E-state index contributed by atoms with van der Waals surface area (Å²) in [5.41, 5.74) is 2.25. The Morgan fingerprint density at radius 3 is 2.37 bits per heavy atom. The van der Waals surface area contributed by atoms with Gasteiger partial charge in [0.25, 0.3) is 5.69 Å². The van der Waals surface area contributed by atoms with E-state index in [9.17, 15) is 10.1 Å². The number of nitro benzene ring substituents is 1. The second-order valence-corrected chi connectivity index (χ2v) is 4.12. The molecule has 0 aliphatic rings. The maximum Gasteiger partial charge on any atom is 0.269 e. The lowest BCUT2D eigenvalue weighted by Gasteiger charge is -1.98. The number of nitrogens with zero attached hydrogens (tertiary/aromatic N) is 2. The van der Waals surface area contributed by atoms with Crippen LogP contribution in [0.3, 0.4) is 0 Å². The van der Waals surface area contributed by atoms with Crippen molar-refractivity contribution in [3.05, 3.63) is 75.8 Å². The number of hydrogen-bond donors (Lipinski definition) is 0. The number of nitro groups is 1. The zero-order valence-electron chi connectivity index (χ0n) is 10.4. The molecule has 19 heavy (non-hydrogen) atoms. The van der Waals surface area contributed by atoms with E-state index in [1.165, 1.54) is 12.1 Å². The molecule has 0 fully saturated rings. The Balaban J connectivity index is 1.86. The highest BCUT2D eigenvalue weighted by atomic mass is 16.6. The van der Waals surface area contributed by atoms with Crippen LogP contribution < -0.4 is 0 Å². The van der Waals surface area contributed by atoms with Crippen molar-refractivity contribution in [2.24, 2.45) is 4.99 Å². The first-order valence-electron chi connectivity index (χ1n) is 6.04. The van der Waals surface area contributed by atoms with E-state index < -0.39 is 4.92 Å². The Morgan fingerprint density at radius 1 is 1.05 bits per heavy atom. The molecule has 0 saturated carbocycles. The Morgan fingerprint density at radius 2 is 1.74 bits per heavy atom. The SMILES string of the molecule is O=[N+]([O-])c1ccc(CCN=Cc2ccccc2)cc1. The van der Waals surface area contributed by atoms with Gasteiger partial charge in [-0.25, -0.2) is 0 Å². The molecule has 0 amide bonds. The average molecular weight is 254 g/mol. The van der Waals surface area contributed by atoms with Crippen LogP contribution in [0.25, 0.3) is 0 Å². The third-order valence-electron chi connectivity index (χ3n) is 2.72. The van der Waals surface area contributed by atoms with Gasteiger partial charge in [0.15, 0.2) is 0 Å². The fourth-order valence-corrected chi connectivity index (χ4v) is 1.69. The number of non-ortho nitro benzene ring substituents is 1. The lowest BCUT2D eigenvalue weighted by Crippen LogP contribution is -1.92. The minimum atomic E-state index is -0.392. The Kier molecular flexibility index (Phi) is 4.39. The molecule has 2 aromatic rings. The van der Waals surface area contributed by atoms with Crippen LogP contribution in [-0.4, -0.2) is 17.7 Å². The predicted molar refractivity (Wildman–Crippen MR) is 75.7 cm³/mol. The van der Waals surface area contributed by atoms with Crippen molar-refractivity contribution in [2.75, 3.05) is 6.54 Å². The third kappa shape index (κ3) is 4.03. The van der Waals surface area contributed by atoms with Crippen LogP contribution in [-0.2, 0) is 6.42 Å². The van der Waals surface area contributed by atoms with Crippen LogP contribution in [0.15, 0.2) is 59.6 Å². The largest absolute Gasteiger partial charge is 0.292 e. The van der Waals surface area contributed by atoms with Crippen LogP contribution >= 0.6 is 0 Å². The molecular weight excluding hydrogens is 240 g/mol. The first kappa shape index (κ1) is 13.0. The van der Waals surface area contributed by atoms with Crippen molar-refractivity contribution in [3.8, 4) is 0 Å². The maximum atomic E-state index is 10.5. The van der Waals surface area contributed by atoms with Crippen molar-refractivity contribution in [2.45, 2.75) is 6.42 Å². The molecule has 4 heteroatoms. The van der Waals surface area contributed by atoms with E-state index in [0.29, 0.717) is 6.54 Å². The summed E-state index contributed by atoms with van der Waals surface area (Å²) in [7, 11) is 0. The predicted octanol–water partition coefficient (Wildman–Crippen LogP) is 3.26. The average Bonchev–Trinajstić information content (AvgIpc) is 2.45. The van der Waals surface area contributed by atoms with Gasteiger partial charge >= 0.3 is 0 Å². The highest BCUT2D eigenvalue weighted by Gasteiger charge is 2.02. The van der Waals surface area contributed by atoms with Crippen molar-refractivity contribution < 1.29 is 4.92 Å². The fourth-order valence-electron chi connectivity index (χ4n) is 1.69. The molecule has 4 nitrogen and oxygen atoms in total. The van der Waals surface area contributed by atoms with Gasteiger partial charge in [-0.1, -0.05) is 42.5 Å². The highest BCUT2D eigenvalue weighted by Crippen LogP contribution is 2.12. The molecule has 96 valence electrons. The lowest BCUT2D eigenvalue weighted by atomic mass is 10.1. The van der Waals surface area contributed by atoms with Crippen LogP contribution in [0.1, 0.15) is 11.1 Å². The summed E-state index contributed by atoms with van der Waals surface area (Å²) < 4.78 is 0. The minimum absolute atomic E-state index is 0.122. The lowest BCUT2D eigenvalue weighted by molar-refractivity contribution is -0.384. The summed E-state index contributed by atoms with van der Waals surface area (Å²) in [4.78, 5) is 14.5. The van der Waals surface area contributed by atoms with Gasteiger partial charge in [-0.3, -0.25) is 15.1 Å². The molecule has 0 unspecified atom stereocenters. The molecule has 0 saturated heterocycles. The normalized spacial score (nSPS) is 10.7. The minimum Gasteiger partial charge on any atom is -0.292 e. The van der Waals surface area contributed by atoms with E-state index in [2.05, 4.69) is 4.99 Å². The van der Waals surface area contributed by atoms with Gasteiger partial charge in [0, 0.05) is 24.9 Å². The van der Waals surface area contributed by atoms with E-state index in [1.807, 2.05) is 36.5 Å².